The largest absolute Gasteiger partial charge is 0.493 e. The van der Waals surface area contributed by atoms with Gasteiger partial charge in [0.2, 0.25) is 5.91 Å². The average molecular weight is 443 g/mol. The van der Waals surface area contributed by atoms with Gasteiger partial charge in [0.05, 0.1) is 23.9 Å². The third kappa shape index (κ3) is 5.08. The van der Waals surface area contributed by atoms with Crippen LogP contribution in [0.1, 0.15) is 35.7 Å². The molecule has 0 bridgehead atoms. The molecule has 0 saturated carbocycles. The second kappa shape index (κ2) is 10.3. The number of amides is 2. The first-order chi connectivity index (χ1) is 16.1. The number of benzene rings is 3. The van der Waals surface area contributed by atoms with Gasteiger partial charge in [-0.05, 0) is 55.7 Å². The number of anilines is 2. The van der Waals surface area contributed by atoms with Crippen molar-refractivity contribution in [3.8, 4) is 5.75 Å². The van der Waals surface area contributed by atoms with Crippen LogP contribution in [-0.2, 0) is 4.79 Å². The Labute approximate surface area is 195 Å². The lowest BCUT2D eigenvalue weighted by Crippen LogP contribution is -2.38. The minimum absolute atomic E-state index is 0.0469. The third-order valence-electron chi connectivity index (χ3n) is 6.00. The quantitative estimate of drug-likeness (QED) is 0.455. The Kier molecular flexibility index (Phi) is 7.08. The molecule has 4 rings (SSSR count). The molecular weight excluding hydrogens is 412 g/mol. The molecule has 5 nitrogen and oxygen atoms in total. The Hall–Kier alpha value is -3.60. The van der Waals surface area contributed by atoms with Gasteiger partial charge in [0.15, 0.2) is 0 Å². The summed E-state index contributed by atoms with van der Waals surface area (Å²) in [5.41, 5.74) is 3.30. The minimum atomic E-state index is -0.298. The molecule has 0 saturated heterocycles. The van der Waals surface area contributed by atoms with Crippen molar-refractivity contribution in [1.82, 2.24) is 0 Å². The van der Waals surface area contributed by atoms with Crippen LogP contribution in [0.2, 0.25) is 0 Å². The van der Waals surface area contributed by atoms with Gasteiger partial charge in [0.1, 0.15) is 5.75 Å². The lowest BCUT2D eigenvalue weighted by molar-refractivity contribution is -0.121. The summed E-state index contributed by atoms with van der Waals surface area (Å²) in [7, 11) is 0. The highest BCUT2D eigenvalue weighted by Gasteiger charge is 2.33. The second-order valence-corrected chi connectivity index (χ2v) is 8.48. The van der Waals surface area contributed by atoms with Gasteiger partial charge >= 0.3 is 0 Å². The average Bonchev–Trinajstić information content (AvgIpc) is 2.95. The number of carbonyl (C=O) groups is 2. The first kappa shape index (κ1) is 22.6. The maximum absolute atomic E-state index is 13.3. The molecule has 0 spiro atoms. The number of carbonyl (C=O) groups excluding carboxylic acids is 2. The summed E-state index contributed by atoms with van der Waals surface area (Å²) >= 11 is 0. The predicted molar refractivity (Wildman–Crippen MR) is 132 cm³/mol. The fourth-order valence-corrected chi connectivity index (χ4v) is 4.19. The van der Waals surface area contributed by atoms with Crippen LogP contribution in [0.15, 0.2) is 78.9 Å². The van der Waals surface area contributed by atoms with E-state index >= 15 is 0 Å². The number of hydrogen-bond donors (Lipinski definition) is 0. The normalized spacial score (nSPS) is 15.7. The summed E-state index contributed by atoms with van der Waals surface area (Å²) in [4.78, 5) is 30.2. The third-order valence-corrected chi connectivity index (χ3v) is 6.00. The monoisotopic (exact) mass is 442 g/mol. The van der Waals surface area contributed by atoms with Crippen LogP contribution in [-0.4, -0.2) is 31.5 Å². The van der Waals surface area contributed by atoms with E-state index in [1.165, 1.54) is 0 Å². The van der Waals surface area contributed by atoms with Crippen molar-refractivity contribution in [2.24, 2.45) is 5.92 Å². The zero-order chi connectivity index (χ0) is 23.2. The molecule has 5 heteroatoms. The molecule has 2 amide bonds. The minimum Gasteiger partial charge on any atom is -0.493 e. The number of fused-ring (bicyclic) bond motifs is 1. The summed E-state index contributed by atoms with van der Waals surface area (Å²) in [6.07, 6.45) is 1.65. The fraction of sp³-hybridized carbons (Fsp3) is 0.286. The van der Waals surface area contributed by atoms with Crippen LogP contribution in [0.5, 0.6) is 5.75 Å². The molecule has 0 N–H and O–H groups in total. The molecular formula is C28H30N2O3. The Balaban J connectivity index is 1.48. The number of aryl methyl sites for hydroxylation is 1. The molecule has 3 aromatic carbocycles. The van der Waals surface area contributed by atoms with Crippen LogP contribution < -0.4 is 14.5 Å². The number of para-hydroxylation sites is 3. The van der Waals surface area contributed by atoms with Crippen LogP contribution in [0.3, 0.4) is 0 Å². The molecule has 1 heterocycles. The topological polar surface area (TPSA) is 49.9 Å². The maximum atomic E-state index is 13.3. The summed E-state index contributed by atoms with van der Waals surface area (Å²) in [6, 6.07) is 24.9. The van der Waals surface area contributed by atoms with Crippen molar-refractivity contribution in [3.63, 3.8) is 0 Å². The number of nitrogens with zero attached hydrogens (tertiary/aromatic N) is 2. The van der Waals surface area contributed by atoms with E-state index in [0.717, 1.165) is 35.5 Å². The van der Waals surface area contributed by atoms with E-state index in [1.807, 2.05) is 97.6 Å². The lowest BCUT2D eigenvalue weighted by Gasteiger charge is -2.25. The molecule has 1 atom stereocenters. The van der Waals surface area contributed by atoms with Crippen molar-refractivity contribution in [3.05, 3.63) is 90.0 Å². The maximum Gasteiger partial charge on any atom is 0.258 e. The van der Waals surface area contributed by atoms with Crippen LogP contribution in [0, 0.1) is 12.8 Å². The van der Waals surface area contributed by atoms with Gasteiger partial charge < -0.3 is 14.5 Å². The van der Waals surface area contributed by atoms with Gasteiger partial charge in [0.25, 0.3) is 5.91 Å². The molecule has 33 heavy (non-hydrogen) atoms. The molecule has 170 valence electrons. The van der Waals surface area contributed by atoms with Crippen molar-refractivity contribution in [2.45, 2.75) is 26.7 Å². The van der Waals surface area contributed by atoms with Crippen LogP contribution >= 0.6 is 0 Å². The number of ether oxygens (including phenoxy) is 1. The first-order valence-electron chi connectivity index (χ1n) is 11.5. The molecule has 0 fully saturated rings. The van der Waals surface area contributed by atoms with E-state index in [9.17, 15) is 9.59 Å². The Morgan fingerprint density at radius 3 is 2.33 bits per heavy atom. The number of hydrogen-bond acceptors (Lipinski definition) is 3. The molecule has 1 aliphatic heterocycles. The zero-order valence-electron chi connectivity index (χ0n) is 19.2. The Morgan fingerprint density at radius 1 is 0.909 bits per heavy atom. The number of rotatable bonds is 7. The number of unbranched alkanes of at least 4 members (excludes halogenated alkanes) is 1. The van der Waals surface area contributed by atoms with Crippen LogP contribution in [0.25, 0.3) is 0 Å². The van der Waals surface area contributed by atoms with Gasteiger partial charge in [-0.15, -0.1) is 0 Å². The Morgan fingerprint density at radius 2 is 1.58 bits per heavy atom. The summed E-state index contributed by atoms with van der Waals surface area (Å²) < 4.78 is 5.91. The van der Waals surface area contributed by atoms with Crippen molar-refractivity contribution in [2.75, 3.05) is 29.5 Å². The van der Waals surface area contributed by atoms with Crippen LogP contribution in [0.4, 0.5) is 11.4 Å². The highest BCUT2D eigenvalue weighted by molar-refractivity contribution is 6.11. The lowest BCUT2D eigenvalue weighted by atomic mass is 10.1. The highest BCUT2D eigenvalue weighted by atomic mass is 16.5. The van der Waals surface area contributed by atoms with E-state index in [0.29, 0.717) is 25.3 Å². The zero-order valence-corrected chi connectivity index (χ0v) is 19.2. The molecule has 0 aromatic heterocycles. The van der Waals surface area contributed by atoms with Gasteiger partial charge in [-0.2, -0.15) is 0 Å². The summed E-state index contributed by atoms with van der Waals surface area (Å²) in [6.45, 7) is 5.48. The van der Waals surface area contributed by atoms with Crippen molar-refractivity contribution < 1.29 is 14.3 Å². The van der Waals surface area contributed by atoms with Gasteiger partial charge in [-0.3, -0.25) is 9.59 Å². The highest BCUT2D eigenvalue weighted by Crippen LogP contribution is 2.35. The first-order valence-corrected chi connectivity index (χ1v) is 11.5. The van der Waals surface area contributed by atoms with Gasteiger partial charge in [-0.1, -0.05) is 55.5 Å². The Bertz CT molecular complexity index is 1110. The van der Waals surface area contributed by atoms with Gasteiger partial charge in [0, 0.05) is 18.7 Å². The van der Waals surface area contributed by atoms with Gasteiger partial charge in [-0.25, -0.2) is 0 Å². The summed E-state index contributed by atoms with van der Waals surface area (Å²) in [5.74, 6) is 0.562. The SMILES string of the molecule is Cc1ccccc1OCCCCN1C(=O)C(C)CN(C(=O)c2ccccc2)c2ccccc21. The molecule has 1 aliphatic rings. The van der Waals surface area contributed by atoms with E-state index in [4.69, 9.17) is 4.74 Å². The van der Waals surface area contributed by atoms with E-state index in [-0.39, 0.29) is 17.7 Å². The van der Waals surface area contributed by atoms with E-state index in [1.54, 1.807) is 4.90 Å². The van der Waals surface area contributed by atoms with E-state index < -0.39 is 0 Å². The fourth-order valence-electron chi connectivity index (χ4n) is 4.19. The molecule has 0 radical (unpaired) electrons. The molecule has 3 aromatic rings. The molecule has 0 aliphatic carbocycles. The second-order valence-electron chi connectivity index (χ2n) is 8.48. The van der Waals surface area contributed by atoms with E-state index in [2.05, 4.69) is 0 Å². The van der Waals surface area contributed by atoms with Crippen molar-refractivity contribution >= 4 is 23.2 Å². The van der Waals surface area contributed by atoms with Crippen molar-refractivity contribution in [1.29, 1.82) is 0 Å². The predicted octanol–water partition coefficient (Wildman–Crippen LogP) is 5.48. The molecule has 1 unspecified atom stereocenters. The standard InChI is InChI=1S/C28H30N2O3/c1-21-12-6-9-17-26(21)33-19-11-10-18-29-24-15-7-8-16-25(24)30(20-22(2)27(29)31)28(32)23-13-4-3-5-14-23/h3-9,12-17,22H,10-11,18-20H2,1-2H3. The smallest absolute Gasteiger partial charge is 0.258 e. The summed E-state index contributed by atoms with van der Waals surface area (Å²) in [5, 5.41) is 0.